The van der Waals surface area contributed by atoms with Crippen LogP contribution in [-0.4, -0.2) is 25.9 Å². The maximum Gasteiger partial charge on any atom is 0.225 e. The van der Waals surface area contributed by atoms with Gasteiger partial charge in [-0.15, -0.1) is 11.3 Å². The second-order valence-corrected chi connectivity index (χ2v) is 10.3. The number of carbonyl (C=O) groups excluding carboxylic acids is 1. The van der Waals surface area contributed by atoms with E-state index >= 15 is 0 Å². The van der Waals surface area contributed by atoms with Gasteiger partial charge in [0.15, 0.2) is 9.84 Å². The summed E-state index contributed by atoms with van der Waals surface area (Å²) in [7, 11) is -3.71. The number of hydrogen-bond acceptors (Lipinski definition) is 5. The average molecular weight is 429 g/mol. The fraction of sp³-hybridized carbons (Fsp3) is 0.273. The first-order valence-corrected chi connectivity index (χ1v) is 11.8. The molecule has 7 heteroatoms. The largest absolute Gasteiger partial charge is 0.354 e. The molecule has 2 aromatic heterocycles. The SMILES string of the molecule is CC(C)c1ccc(S(=O)(=O)C(CNC(=O)Cc2cccs2)c2cccnc2)cc1. The lowest BCUT2D eigenvalue weighted by Gasteiger charge is -2.19. The zero-order valence-corrected chi connectivity index (χ0v) is 18.0. The van der Waals surface area contributed by atoms with Crippen LogP contribution < -0.4 is 5.32 Å². The molecule has 0 bridgehead atoms. The maximum atomic E-state index is 13.4. The highest BCUT2D eigenvalue weighted by Crippen LogP contribution is 2.29. The number of aromatic nitrogens is 1. The van der Waals surface area contributed by atoms with Crippen molar-refractivity contribution in [1.82, 2.24) is 10.3 Å². The fourth-order valence-electron chi connectivity index (χ4n) is 3.02. The lowest BCUT2D eigenvalue weighted by molar-refractivity contribution is -0.120. The third kappa shape index (κ3) is 5.31. The number of sulfone groups is 1. The molecule has 0 spiro atoms. The lowest BCUT2D eigenvalue weighted by atomic mass is 10.0. The number of hydrogen-bond donors (Lipinski definition) is 1. The molecule has 0 aliphatic heterocycles. The summed E-state index contributed by atoms with van der Waals surface area (Å²) >= 11 is 1.50. The van der Waals surface area contributed by atoms with Gasteiger partial charge in [-0.1, -0.05) is 38.1 Å². The van der Waals surface area contributed by atoms with Crippen LogP contribution in [0.4, 0.5) is 0 Å². The van der Waals surface area contributed by atoms with Crippen LogP contribution in [-0.2, 0) is 21.1 Å². The average Bonchev–Trinajstić information content (AvgIpc) is 3.22. The molecule has 3 rings (SSSR count). The van der Waals surface area contributed by atoms with E-state index in [-0.39, 0.29) is 23.8 Å². The highest BCUT2D eigenvalue weighted by molar-refractivity contribution is 7.91. The lowest BCUT2D eigenvalue weighted by Crippen LogP contribution is -2.32. The summed E-state index contributed by atoms with van der Waals surface area (Å²) in [6.07, 6.45) is 3.37. The molecule has 152 valence electrons. The summed E-state index contributed by atoms with van der Waals surface area (Å²) in [5.74, 6) is 0.115. The van der Waals surface area contributed by atoms with Gasteiger partial charge in [0.05, 0.1) is 11.3 Å². The van der Waals surface area contributed by atoms with E-state index < -0.39 is 15.1 Å². The van der Waals surface area contributed by atoms with Gasteiger partial charge in [-0.05, 0) is 46.7 Å². The molecule has 0 aliphatic carbocycles. The molecule has 2 heterocycles. The molecule has 0 fully saturated rings. The third-order valence-electron chi connectivity index (χ3n) is 4.71. The maximum absolute atomic E-state index is 13.4. The Kier molecular flexibility index (Phi) is 6.82. The molecule has 5 nitrogen and oxygen atoms in total. The van der Waals surface area contributed by atoms with Gasteiger partial charge in [-0.3, -0.25) is 9.78 Å². The van der Waals surface area contributed by atoms with Crippen LogP contribution in [0.5, 0.6) is 0 Å². The number of benzene rings is 1. The van der Waals surface area contributed by atoms with Crippen LogP contribution in [0.1, 0.15) is 41.0 Å². The van der Waals surface area contributed by atoms with E-state index in [0.717, 1.165) is 10.4 Å². The Balaban J connectivity index is 1.83. The molecule has 1 unspecified atom stereocenters. The molecule has 1 N–H and O–H groups in total. The van der Waals surface area contributed by atoms with Gasteiger partial charge in [-0.2, -0.15) is 0 Å². The van der Waals surface area contributed by atoms with Crippen molar-refractivity contribution in [2.45, 2.75) is 36.3 Å². The van der Waals surface area contributed by atoms with Crippen LogP contribution >= 0.6 is 11.3 Å². The third-order valence-corrected chi connectivity index (χ3v) is 7.70. The van der Waals surface area contributed by atoms with Gasteiger partial charge >= 0.3 is 0 Å². The minimum absolute atomic E-state index is 0.00975. The van der Waals surface area contributed by atoms with Gasteiger partial charge in [0.1, 0.15) is 5.25 Å². The van der Waals surface area contributed by atoms with Crippen LogP contribution in [0, 0.1) is 0 Å². The molecule has 1 amide bonds. The number of pyridine rings is 1. The topological polar surface area (TPSA) is 76.1 Å². The Morgan fingerprint density at radius 3 is 2.41 bits per heavy atom. The quantitative estimate of drug-likeness (QED) is 0.585. The Morgan fingerprint density at radius 1 is 1.07 bits per heavy atom. The van der Waals surface area contributed by atoms with Crippen molar-refractivity contribution in [3.63, 3.8) is 0 Å². The van der Waals surface area contributed by atoms with Crippen molar-refractivity contribution in [2.24, 2.45) is 0 Å². The van der Waals surface area contributed by atoms with E-state index in [1.54, 1.807) is 30.5 Å². The molecule has 0 saturated carbocycles. The summed E-state index contributed by atoms with van der Waals surface area (Å²) < 4.78 is 26.7. The molecule has 29 heavy (non-hydrogen) atoms. The Hall–Kier alpha value is -2.51. The normalized spacial score (nSPS) is 12.7. The summed E-state index contributed by atoms with van der Waals surface area (Å²) in [5.41, 5.74) is 1.63. The molecule has 1 atom stereocenters. The fourth-order valence-corrected chi connectivity index (χ4v) is 5.37. The second kappa shape index (κ2) is 9.33. The van der Waals surface area contributed by atoms with E-state index in [2.05, 4.69) is 24.1 Å². The highest BCUT2D eigenvalue weighted by Gasteiger charge is 2.30. The molecule has 1 aromatic carbocycles. The van der Waals surface area contributed by atoms with Crippen molar-refractivity contribution >= 4 is 27.1 Å². The predicted molar refractivity (Wildman–Crippen MR) is 116 cm³/mol. The summed E-state index contributed by atoms with van der Waals surface area (Å²) in [5, 5.41) is 3.79. The standard InChI is InChI=1S/C22H24N2O3S2/c1-16(2)17-7-9-20(10-8-17)29(26,27)21(18-5-3-11-23-14-18)15-24-22(25)13-19-6-4-12-28-19/h3-12,14,16,21H,13,15H2,1-2H3,(H,24,25). The summed E-state index contributed by atoms with van der Waals surface area (Å²) in [6.45, 7) is 4.11. The minimum atomic E-state index is -3.71. The molecule has 3 aromatic rings. The van der Waals surface area contributed by atoms with Crippen LogP contribution in [0.3, 0.4) is 0 Å². The Bertz CT molecular complexity index is 1030. The number of nitrogens with one attached hydrogen (secondary N) is 1. The Labute approximate surface area is 175 Å². The number of carbonyl (C=O) groups is 1. The first-order chi connectivity index (χ1) is 13.9. The number of amides is 1. The smallest absolute Gasteiger partial charge is 0.225 e. The van der Waals surface area contributed by atoms with Gasteiger partial charge in [0.25, 0.3) is 0 Å². The number of rotatable bonds is 8. The van der Waals surface area contributed by atoms with E-state index in [4.69, 9.17) is 0 Å². The summed E-state index contributed by atoms with van der Waals surface area (Å²) in [4.78, 5) is 17.6. The van der Waals surface area contributed by atoms with Crippen LogP contribution in [0.15, 0.2) is 71.2 Å². The monoisotopic (exact) mass is 428 g/mol. The van der Waals surface area contributed by atoms with Crippen molar-refractivity contribution in [3.8, 4) is 0 Å². The number of thiophene rings is 1. The van der Waals surface area contributed by atoms with E-state index in [1.807, 2.05) is 29.6 Å². The van der Waals surface area contributed by atoms with Crippen molar-refractivity contribution in [1.29, 1.82) is 0 Å². The van der Waals surface area contributed by atoms with Crippen LogP contribution in [0.2, 0.25) is 0 Å². The first-order valence-electron chi connectivity index (χ1n) is 9.41. The van der Waals surface area contributed by atoms with E-state index in [1.165, 1.54) is 17.5 Å². The molecule has 0 radical (unpaired) electrons. The van der Waals surface area contributed by atoms with Crippen LogP contribution in [0.25, 0.3) is 0 Å². The first kappa shape index (κ1) is 21.2. The second-order valence-electron chi connectivity index (χ2n) is 7.10. The zero-order valence-electron chi connectivity index (χ0n) is 16.4. The van der Waals surface area contributed by atoms with Gasteiger partial charge < -0.3 is 5.32 Å². The summed E-state index contributed by atoms with van der Waals surface area (Å²) in [6, 6.07) is 14.2. The number of nitrogens with zero attached hydrogens (tertiary/aromatic N) is 1. The van der Waals surface area contributed by atoms with E-state index in [0.29, 0.717) is 11.5 Å². The van der Waals surface area contributed by atoms with Crippen molar-refractivity contribution in [3.05, 3.63) is 82.3 Å². The van der Waals surface area contributed by atoms with Gasteiger partial charge in [0.2, 0.25) is 5.91 Å². The van der Waals surface area contributed by atoms with E-state index in [9.17, 15) is 13.2 Å². The van der Waals surface area contributed by atoms with Gasteiger partial charge in [0, 0.05) is 23.8 Å². The van der Waals surface area contributed by atoms with Crippen molar-refractivity contribution < 1.29 is 13.2 Å². The molecular weight excluding hydrogens is 404 g/mol. The predicted octanol–water partition coefficient (Wildman–Crippen LogP) is 4.14. The molecule has 0 aliphatic rings. The Morgan fingerprint density at radius 2 is 1.83 bits per heavy atom. The van der Waals surface area contributed by atoms with Gasteiger partial charge in [-0.25, -0.2) is 8.42 Å². The highest BCUT2D eigenvalue weighted by atomic mass is 32.2. The zero-order chi connectivity index (χ0) is 20.9. The molecular formula is C22H24N2O3S2. The van der Waals surface area contributed by atoms with Crippen molar-refractivity contribution in [2.75, 3.05) is 6.54 Å². The minimum Gasteiger partial charge on any atom is -0.354 e. The molecule has 0 saturated heterocycles.